The molecule has 0 saturated carbocycles. The Morgan fingerprint density at radius 1 is 1.45 bits per heavy atom. The fourth-order valence-corrected chi connectivity index (χ4v) is 4.16. The second-order valence-corrected chi connectivity index (χ2v) is 7.59. The van der Waals surface area contributed by atoms with Gasteiger partial charge in [0.25, 0.3) is 10.2 Å². The fraction of sp³-hybridized carbons (Fsp3) is 0.533. The van der Waals surface area contributed by atoms with E-state index in [1.807, 2.05) is 6.07 Å². The van der Waals surface area contributed by atoms with Crippen LogP contribution in [0.2, 0.25) is 0 Å². The predicted octanol–water partition coefficient (Wildman–Crippen LogP) is 1.76. The Labute approximate surface area is 131 Å². The summed E-state index contributed by atoms with van der Waals surface area (Å²) in [5.74, 6) is -0.930. The van der Waals surface area contributed by atoms with Crippen LogP contribution in [0.4, 0.5) is 0 Å². The van der Waals surface area contributed by atoms with Crippen molar-refractivity contribution in [3.8, 4) is 0 Å². The van der Waals surface area contributed by atoms with E-state index in [2.05, 4.69) is 0 Å². The highest BCUT2D eigenvalue weighted by atomic mass is 32.2. The summed E-state index contributed by atoms with van der Waals surface area (Å²) >= 11 is 0. The molecule has 0 radical (unpaired) electrons. The Bertz CT molecular complexity index is 645. The molecule has 0 aliphatic carbocycles. The minimum atomic E-state index is -3.43. The molecule has 1 aliphatic rings. The Morgan fingerprint density at radius 3 is 2.82 bits per heavy atom. The van der Waals surface area contributed by atoms with Crippen molar-refractivity contribution >= 4 is 16.2 Å². The van der Waals surface area contributed by atoms with Gasteiger partial charge in [0.05, 0.1) is 5.56 Å². The van der Waals surface area contributed by atoms with Crippen LogP contribution in [-0.2, 0) is 10.2 Å². The van der Waals surface area contributed by atoms with Crippen LogP contribution in [0, 0.1) is 0 Å². The minimum absolute atomic E-state index is 0.0353. The lowest BCUT2D eigenvalue weighted by molar-refractivity contribution is 0.0696. The maximum Gasteiger partial charge on any atom is 0.335 e. The van der Waals surface area contributed by atoms with Crippen LogP contribution in [0.25, 0.3) is 0 Å². The lowest BCUT2D eigenvalue weighted by Gasteiger charge is -2.34. The SMILES string of the molecule is CCN(C)S(=O)(=O)N1CCC[C@H](c2cccc(C(=O)O)c2)C1. The van der Waals surface area contributed by atoms with Gasteiger partial charge in [-0.05, 0) is 36.5 Å². The van der Waals surface area contributed by atoms with Gasteiger partial charge in [0.1, 0.15) is 0 Å². The number of hydrogen-bond acceptors (Lipinski definition) is 3. The van der Waals surface area contributed by atoms with Crippen molar-refractivity contribution in [1.29, 1.82) is 0 Å². The zero-order valence-electron chi connectivity index (χ0n) is 12.9. The molecule has 122 valence electrons. The molecule has 1 atom stereocenters. The lowest BCUT2D eigenvalue weighted by atomic mass is 9.91. The average Bonchev–Trinajstić information content (AvgIpc) is 2.54. The van der Waals surface area contributed by atoms with E-state index >= 15 is 0 Å². The van der Waals surface area contributed by atoms with Gasteiger partial charge in [0.2, 0.25) is 0 Å². The molecular weight excluding hydrogens is 304 g/mol. The van der Waals surface area contributed by atoms with E-state index in [1.165, 1.54) is 8.61 Å². The van der Waals surface area contributed by atoms with Gasteiger partial charge in [-0.1, -0.05) is 19.1 Å². The first-order valence-corrected chi connectivity index (χ1v) is 8.80. The highest BCUT2D eigenvalue weighted by Gasteiger charge is 2.31. The Hall–Kier alpha value is -1.44. The second kappa shape index (κ2) is 6.76. The topological polar surface area (TPSA) is 77.9 Å². The molecule has 0 amide bonds. The van der Waals surface area contributed by atoms with Crippen molar-refractivity contribution in [2.75, 3.05) is 26.7 Å². The van der Waals surface area contributed by atoms with E-state index in [4.69, 9.17) is 5.11 Å². The van der Waals surface area contributed by atoms with E-state index < -0.39 is 16.2 Å². The van der Waals surface area contributed by atoms with E-state index in [0.717, 1.165) is 18.4 Å². The van der Waals surface area contributed by atoms with E-state index in [1.54, 1.807) is 32.2 Å². The predicted molar refractivity (Wildman–Crippen MR) is 84.2 cm³/mol. The number of rotatable bonds is 5. The maximum absolute atomic E-state index is 12.4. The van der Waals surface area contributed by atoms with Crippen LogP contribution in [-0.4, -0.2) is 54.8 Å². The number of nitrogens with zero attached hydrogens (tertiary/aromatic N) is 2. The van der Waals surface area contributed by atoms with Crippen LogP contribution >= 0.6 is 0 Å². The van der Waals surface area contributed by atoms with Gasteiger partial charge in [-0.25, -0.2) is 4.79 Å². The molecule has 1 saturated heterocycles. The summed E-state index contributed by atoms with van der Waals surface area (Å²) in [6.07, 6.45) is 1.64. The molecule has 7 heteroatoms. The molecule has 1 aromatic carbocycles. The summed E-state index contributed by atoms with van der Waals surface area (Å²) in [5.41, 5.74) is 1.13. The number of hydrogen-bond donors (Lipinski definition) is 1. The van der Waals surface area contributed by atoms with Gasteiger partial charge in [0, 0.05) is 26.7 Å². The van der Waals surface area contributed by atoms with Crippen molar-refractivity contribution in [3.63, 3.8) is 0 Å². The van der Waals surface area contributed by atoms with Gasteiger partial charge in [-0.3, -0.25) is 0 Å². The number of aromatic carboxylic acids is 1. The number of benzene rings is 1. The van der Waals surface area contributed by atoms with E-state index in [0.29, 0.717) is 19.6 Å². The molecule has 6 nitrogen and oxygen atoms in total. The highest BCUT2D eigenvalue weighted by molar-refractivity contribution is 7.86. The molecule has 0 aromatic heterocycles. The average molecular weight is 326 g/mol. The van der Waals surface area contributed by atoms with Gasteiger partial charge in [-0.2, -0.15) is 17.0 Å². The standard InChI is InChI=1S/C15H22N2O4S/c1-3-16(2)22(20,21)17-9-5-8-14(11-17)12-6-4-7-13(10-12)15(18)19/h4,6-7,10,14H,3,5,8-9,11H2,1-2H3,(H,18,19)/t14-/m0/s1. The van der Waals surface area contributed by atoms with Gasteiger partial charge in [-0.15, -0.1) is 0 Å². The van der Waals surface area contributed by atoms with Crippen molar-refractivity contribution in [2.24, 2.45) is 0 Å². The number of carboxylic acid groups (broad SMARTS) is 1. The summed E-state index contributed by atoms with van der Waals surface area (Å²) in [7, 11) is -1.86. The van der Waals surface area contributed by atoms with Crippen molar-refractivity contribution in [2.45, 2.75) is 25.7 Å². The molecule has 1 heterocycles. The summed E-state index contributed by atoms with van der Waals surface area (Å²) in [4.78, 5) is 11.1. The van der Waals surface area contributed by atoms with Crippen molar-refractivity contribution in [3.05, 3.63) is 35.4 Å². The summed E-state index contributed by atoms with van der Waals surface area (Å²) in [6.45, 7) is 3.14. The first kappa shape index (κ1) is 16.9. The third-order valence-corrected chi connectivity index (χ3v) is 6.18. The van der Waals surface area contributed by atoms with Crippen LogP contribution in [0.15, 0.2) is 24.3 Å². The molecule has 1 N–H and O–H groups in total. The second-order valence-electron chi connectivity index (χ2n) is 5.55. The maximum atomic E-state index is 12.4. The van der Waals surface area contributed by atoms with Crippen LogP contribution in [0.3, 0.4) is 0 Å². The quantitative estimate of drug-likeness (QED) is 0.894. The molecule has 0 unspecified atom stereocenters. The lowest BCUT2D eigenvalue weighted by Crippen LogP contribution is -2.46. The minimum Gasteiger partial charge on any atom is -0.478 e. The molecule has 1 fully saturated rings. The number of carboxylic acids is 1. The number of piperidine rings is 1. The Kier molecular flexibility index (Phi) is 5.20. The first-order chi connectivity index (χ1) is 10.4. The summed E-state index contributed by atoms with van der Waals surface area (Å²) < 4.78 is 27.7. The summed E-state index contributed by atoms with van der Waals surface area (Å²) in [5, 5.41) is 9.08. The summed E-state index contributed by atoms with van der Waals surface area (Å²) in [6, 6.07) is 6.78. The van der Waals surface area contributed by atoms with Crippen molar-refractivity contribution < 1.29 is 18.3 Å². The van der Waals surface area contributed by atoms with Crippen LogP contribution < -0.4 is 0 Å². The molecule has 22 heavy (non-hydrogen) atoms. The molecular formula is C15H22N2O4S. The molecule has 1 aliphatic heterocycles. The molecule has 2 rings (SSSR count). The van der Waals surface area contributed by atoms with Gasteiger partial charge in [0.15, 0.2) is 0 Å². The largest absolute Gasteiger partial charge is 0.478 e. The van der Waals surface area contributed by atoms with Crippen LogP contribution in [0.5, 0.6) is 0 Å². The fourth-order valence-electron chi connectivity index (χ4n) is 2.71. The highest BCUT2D eigenvalue weighted by Crippen LogP contribution is 2.29. The number of carbonyl (C=O) groups is 1. The van der Waals surface area contributed by atoms with Crippen LogP contribution in [0.1, 0.15) is 41.6 Å². The molecule has 0 spiro atoms. The van der Waals surface area contributed by atoms with Gasteiger partial charge >= 0.3 is 5.97 Å². The Morgan fingerprint density at radius 2 is 2.18 bits per heavy atom. The third kappa shape index (κ3) is 3.48. The Balaban J connectivity index is 2.21. The monoisotopic (exact) mass is 326 g/mol. The smallest absolute Gasteiger partial charge is 0.335 e. The third-order valence-electron chi connectivity index (χ3n) is 4.15. The van der Waals surface area contributed by atoms with Crippen molar-refractivity contribution in [1.82, 2.24) is 8.61 Å². The van der Waals surface area contributed by atoms with E-state index in [-0.39, 0.29) is 11.5 Å². The van der Waals surface area contributed by atoms with Gasteiger partial charge < -0.3 is 5.11 Å². The zero-order chi connectivity index (χ0) is 16.3. The normalized spacial score (nSPS) is 20.2. The molecule has 0 bridgehead atoms. The first-order valence-electron chi connectivity index (χ1n) is 7.41. The zero-order valence-corrected chi connectivity index (χ0v) is 13.7. The molecule has 1 aromatic rings. The van der Waals surface area contributed by atoms with E-state index in [9.17, 15) is 13.2 Å².